The van der Waals surface area contributed by atoms with E-state index in [0.717, 1.165) is 27.8 Å². The summed E-state index contributed by atoms with van der Waals surface area (Å²) >= 11 is 0. The van der Waals surface area contributed by atoms with Crippen LogP contribution in [0.3, 0.4) is 0 Å². The Balaban J connectivity index is 1.23. The number of carbonyl (C=O) groups is 2. The largest absolute Gasteiger partial charge is 0.480 e. The Bertz CT molecular complexity index is 1780. The number of nitriles is 1. The SMILES string of the molecule is CC(C)(C)c1ccc(C(=O)NC(Cc2ccc(-c3noc(-c4ccc(-c5ccc(C#N)cc5)cc4)n3)cc2)C(=O)O)cc1. The zero-order valence-corrected chi connectivity index (χ0v) is 24.0. The summed E-state index contributed by atoms with van der Waals surface area (Å²) in [6, 6.07) is 30.5. The molecule has 214 valence electrons. The Hall–Kier alpha value is -5.55. The van der Waals surface area contributed by atoms with E-state index in [0.29, 0.717) is 28.4 Å². The first kappa shape index (κ1) is 29.0. The second-order valence-corrected chi connectivity index (χ2v) is 11.3. The van der Waals surface area contributed by atoms with Gasteiger partial charge in [-0.1, -0.05) is 86.6 Å². The van der Waals surface area contributed by atoms with Gasteiger partial charge in [0.1, 0.15) is 6.04 Å². The molecule has 43 heavy (non-hydrogen) atoms. The molecule has 0 saturated heterocycles. The van der Waals surface area contributed by atoms with Crippen LogP contribution in [-0.2, 0) is 16.6 Å². The number of hydrogen-bond donors (Lipinski definition) is 2. The molecule has 5 rings (SSSR count). The van der Waals surface area contributed by atoms with E-state index in [2.05, 4.69) is 42.3 Å². The maximum absolute atomic E-state index is 12.8. The zero-order chi connectivity index (χ0) is 30.6. The molecule has 0 aliphatic rings. The molecule has 4 aromatic carbocycles. The Kier molecular flexibility index (Phi) is 8.17. The molecular weight excluding hydrogens is 540 g/mol. The van der Waals surface area contributed by atoms with Gasteiger partial charge in [-0.3, -0.25) is 4.79 Å². The van der Waals surface area contributed by atoms with Crippen LogP contribution in [-0.4, -0.2) is 33.2 Å². The summed E-state index contributed by atoms with van der Waals surface area (Å²) in [5, 5.41) is 25.5. The number of rotatable bonds is 8. The van der Waals surface area contributed by atoms with Crippen molar-refractivity contribution >= 4 is 11.9 Å². The first-order valence-corrected chi connectivity index (χ1v) is 13.8. The summed E-state index contributed by atoms with van der Waals surface area (Å²) in [5.74, 6) is -0.778. The fraction of sp³-hybridized carbons (Fsp3) is 0.171. The zero-order valence-electron chi connectivity index (χ0n) is 24.0. The smallest absolute Gasteiger partial charge is 0.326 e. The minimum atomic E-state index is -1.11. The highest BCUT2D eigenvalue weighted by molar-refractivity contribution is 5.96. The van der Waals surface area contributed by atoms with Crippen molar-refractivity contribution in [2.75, 3.05) is 0 Å². The Morgan fingerprint density at radius 3 is 1.95 bits per heavy atom. The number of hydrogen-bond acceptors (Lipinski definition) is 6. The van der Waals surface area contributed by atoms with Gasteiger partial charge in [-0.15, -0.1) is 0 Å². The highest BCUT2D eigenvalue weighted by atomic mass is 16.5. The van der Waals surface area contributed by atoms with Gasteiger partial charge in [0.05, 0.1) is 11.6 Å². The average molecular weight is 571 g/mol. The van der Waals surface area contributed by atoms with Gasteiger partial charge >= 0.3 is 5.97 Å². The number of nitrogens with zero attached hydrogens (tertiary/aromatic N) is 3. The van der Waals surface area contributed by atoms with Crippen LogP contribution in [0.1, 0.15) is 47.8 Å². The normalized spacial score (nSPS) is 11.9. The van der Waals surface area contributed by atoms with Crippen LogP contribution in [0.15, 0.2) is 102 Å². The molecule has 2 N–H and O–H groups in total. The first-order chi connectivity index (χ1) is 20.6. The molecule has 1 amide bonds. The molecule has 1 heterocycles. The monoisotopic (exact) mass is 570 g/mol. The van der Waals surface area contributed by atoms with Crippen LogP contribution in [0, 0.1) is 11.3 Å². The van der Waals surface area contributed by atoms with Crippen molar-refractivity contribution in [3.8, 4) is 40.0 Å². The predicted octanol–water partition coefficient (Wildman–Crippen LogP) is 6.67. The standard InChI is InChI=1S/C35H30N4O4/c1-35(2,3)29-18-16-27(17-19-29)32(40)37-30(34(41)42)20-22-4-10-26(11-5-22)31-38-33(43-39-31)28-14-12-25(13-15-28)24-8-6-23(21-36)7-9-24/h4-19,30H,20H2,1-3H3,(H,37,40)(H,41,42). The molecule has 0 aliphatic heterocycles. The lowest BCUT2D eigenvalue weighted by atomic mass is 9.86. The van der Waals surface area contributed by atoms with Gasteiger partial charge in [-0.25, -0.2) is 4.79 Å². The maximum Gasteiger partial charge on any atom is 0.326 e. The number of amides is 1. The van der Waals surface area contributed by atoms with E-state index < -0.39 is 17.9 Å². The van der Waals surface area contributed by atoms with Crippen molar-refractivity contribution in [1.29, 1.82) is 5.26 Å². The van der Waals surface area contributed by atoms with Gasteiger partial charge in [0, 0.05) is 23.1 Å². The van der Waals surface area contributed by atoms with Crippen LogP contribution >= 0.6 is 0 Å². The van der Waals surface area contributed by atoms with E-state index >= 15 is 0 Å². The van der Waals surface area contributed by atoms with Crippen LogP contribution < -0.4 is 5.32 Å². The molecule has 8 nitrogen and oxygen atoms in total. The Morgan fingerprint density at radius 2 is 1.40 bits per heavy atom. The summed E-state index contributed by atoms with van der Waals surface area (Å²) in [6.07, 6.45) is 0.116. The third kappa shape index (κ3) is 6.85. The molecule has 0 fully saturated rings. The lowest BCUT2D eigenvalue weighted by Crippen LogP contribution is -2.42. The Labute approximate surface area is 249 Å². The number of benzene rings is 4. The van der Waals surface area contributed by atoms with Crippen LogP contribution in [0.25, 0.3) is 34.0 Å². The predicted molar refractivity (Wildman–Crippen MR) is 163 cm³/mol. The summed E-state index contributed by atoms with van der Waals surface area (Å²) < 4.78 is 5.50. The van der Waals surface area contributed by atoms with Gasteiger partial charge in [0.15, 0.2) is 0 Å². The van der Waals surface area contributed by atoms with E-state index in [1.807, 2.05) is 48.5 Å². The molecule has 0 radical (unpaired) electrons. The van der Waals surface area contributed by atoms with Crippen molar-refractivity contribution in [2.24, 2.45) is 0 Å². The number of carboxylic acid groups (broad SMARTS) is 1. The van der Waals surface area contributed by atoms with Crippen molar-refractivity contribution in [1.82, 2.24) is 15.5 Å². The second-order valence-electron chi connectivity index (χ2n) is 11.3. The maximum atomic E-state index is 12.8. The lowest BCUT2D eigenvalue weighted by Gasteiger charge is -2.19. The molecule has 8 heteroatoms. The van der Waals surface area contributed by atoms with E-state index in [1.54, 1.807) is 48.5 Å². The van der Waals surface area contributed by atoms with E-state index in [9.17, 15) is 14.7 Å². The molecule has 5 aromatic rings. The van der Waals surface area contributed by atoms with E-state index in [-0.39, 0.29) is 11.8 Å². The lowest BCUT2D eigenvalue weighted by molar-refractivity contribution is -0.139. The second kappa shape index (κ2) is 12.1. The third-order valence-electron chi connectivity index (χ3n) is 7.17. The number of carbonyl (C=O) groups excluding carboxylic acids is 1. The topological polar surface area (TPSA) is 129 Å². The van der Waals surface area contributed by atoms with Gasteiger partial charge in [0.25, 0.3) is 11.8 Å². The number of carboxylic acids is 1. The van der Waals surface area contributed by atoms with Crippen LogP contribution in [0.2, 0.25) is 0 Å². The molecule has 0 bridgehead atoms. The fourth-order valence-electron chi connectivity index (χ4n) is 4.59. The highest BCUT2D eigenvalue weighted by Crippen LogP contribution is 2.27. The summed E-state index contributed by atoms with van der Waals surface area (Å²) in [5.41, 5.74) is 6.27. The summed E-state index contributed by atoms with van der Waals surface area (Å²) in [7, 11) is 0. The number of nitrogens with one attached hydrogen (secondary N) is 1. The molecule has 1 aromatic heterocycles. The van der Waals surface area contributed by atoms with Gasteiger partial charge in [-0.05, 0) is 64.1 Å². The minimum Gasteiger partial charge on any atom is -0.480 e. The highest BCUT2D eigenvalue weighted by Gasteiger charge is 2.22. The summed E-state index contributed by atoms with van der Waals surface area (Å²) in [6.45, 7) is 6.26. The molecule has 0 saturated carbocycles. The molecule has 0 spiro atoms. The molecule has 1 atom stereocenters. The van der Waals surface area contributed by atoms with Crippen molar-refractivity contribution in [2.45, 2.75) is 38.6 Å². The van der Waals surface area contributed by atoms with E-state index in [4.69, 9.17) is 9.78 Å². The van der Waals surface area contributed by atoms with Crippen LogP contribution in [0.5, 0.6) is 0 Å². The third-order valence-corrected chi connectivity index (χ3v) is 7.17. The van der Waals surface area contributed by atoms with Crippen molar-refractivity contribution in [3.63, 3.8) is 0 Å². The fourth-order valence-corrected chi connectivity index (χ4v) is 4.59. The number of aromatic nitrogens is 2. The van der Waals surface area contributed by atoms with Crippen molar-refractivity contribution in [3.05, 3.63) is 119 Å². The molecular formula is C35H30N4O4. The van der Waals surface area contributed by atoms with Gasteiger partial charge in [0.2, 0.25) is 5.82 Å². The van der Waals surface area contributed by atoms with Gasteiger partial charge in [-0.2, -0.15) is 10.2 Å². The Morgan fingerprint density at radius 1 is 0.837 bits per heavy atom. The molecule has 0 aliphatic carbocycles. The van der Waals surface area contributed by atoms with E-state index in [1.165, 1.54) is 0 Å². The van der Waals surface area contributed by atoms with Gasteiger partial charge < -0.3 is 14.9 Å². The quantitative estimate of drug-likeness (QED) is 0.213. The summed E-state index contributed by atoms with van der Waals surface area (Å²) in [4.78, 5) is 29.2. The van der Waals surface area contributed by atoms with Crippen LogP contribution in [0.4, 0.5) is 0 Å². The van der Waals surface area contributed by atoms with Crippen molar-refractivity contribution < 1.29 is 19.2 Å². The number of aliphatic carboxylic acids is 1. The molecule has 1 unspecified atom stereocenters. The minimum absolute atomic E-state index is 0.0482. The average Bonchev–Trinajstić information content (AvgIpc) is 3.51. The first-order valence-electron chi connectivity index (χ1n) is 13.8.